The Kier molecular flexibility index (Phi) is 12.0. The molecule has 3 aromatic carbocycles. The van der Waals surface area contributed by atoms with Crippen LogP contribution in [-0.4, -0.2) is 77.4 Å². The second-order valence-electron chi connectivity index (χ2n) is 18.8. The molecule has 5 unspecified atom stereocenters. The number of nitrogens with two attached hydrogens (primary N) is 2. The summed E-state index contributed by atoms with van der Waals surface area (Å²) in [5.41, 5.74) is 20.6. The van der Waals surface area contributed by atoms with Gasteiger partial charge >= 0.3 is 0 Å². The quantitative estimate of drug-likeness (QED) is 0.246. The van der Waals surface area contributed by atoms with Crippen LogP contribution >= 0.6 is 0 Å². The molecule has 2 saturated heterocycles. The highest BCUT2D eigenvalue weighted by atomic mass is 16.5. The Morgan fingerprint density at radius 1 is 0.712 bits per heavy atom. The van der Waals surface area contributed by atoms with Gasteiger partial charge in [-0.3, -0.25) is 19.2 Å². The van der Waals surface area contributed by atoms with Crippen molar-refractivity contribution in [1.29, 1.82) is 0 Å². The molecule has 7 atom stereocenters. The molecule has 8 rings (SSSR count). The van der Waals surface area contributed by atoms with Crippen LogP contribution in [0.25, 0.3) is 0 Å². The molecule has 11 heteroatoms. The van der Waals surface area contributed by atoms with E-state index in [0.29, 0.717) is 45.4 Å². The first-order chi connectivity index (χ1) is 28.4. The molecule has 4 amide bonds. The van der Waals surface area contributed by atoms with E-state index in [0.717, 1.165) is 66.3 Å². The summed E-state index contributed by atoms with van der Waals surface area (Å²) in [5, 5.41) is 6.67. The van der Waals surface area contributed by atoms with Crippen molar-refractivity contribution in [3.8, 4) is 0 Å². The van der Waals surface area contributed by atoms with Gasteiger partial charge in [0, 0.05) is 38.6 Å². The lowest BCUT2D eigenvalue weighted by Gasteiger charge is -2.40. The largest absolute Gasteiger partial charge is 0.381 e. The van der Waals surface area contributed by atoms with Crippen molar-refractivity contribution in [3.05, 3.63) is 106 Å². The minimum absolute atomic E-state index is 0.0236. The number of rotatable bonds is 8. The van der Waals surface area contributed by atoms with Gasteiger partial charge in [0.1, 0.15) is 12.1 Å². The Balaban J connectivity index is 1.06. The van der Waals surface area contributed by atoms with Crippen LogP contribution in [-0.2, 0) is 49.7 Å². The second-order valence-corrected chi connectivity index (χ2v) is 18.8. The molecule has 59 heavy (non-hydrogen) atoms. The zero-order valence-electron chi connectivity index (χ0n) is 35.0. The third-order valence-electron chi connectivity index (χ3n) is 13.9. The van der Waals surface area contributed by atoms with Crippen LogP contribution in [0, 0.1) is 11.3 Å². The van der Waals surface area contributed by atoms with Crippen LogP contribution < -0.4 is 22.1 Å². The summed E-state index contributed by atoms with van der Waals surface area (Å²) in [6.45, 7) is 7.57. The summed E-state index contributed by atoms with van der Waals surface area (Å²) in [6.07, 6.45) is 7.87. The molecule has 0 radical (unpaired) electrons. The van der Waals surface area contributed by atoms with Crippen molar-refractivity contribution in [2.24, 2.45) is 22.8 Å². The molecule has 0 aromatic heterocycles. The minimum Gasteiger partial charge on any atom is -0.381 e. The van der Waals surface area contributed by atoms with E-state index in [1.54, 1.807) is 9.80 Å². The minimum atomic E-state index is -0.778. The smallest absolute Gasteiger partial charge is 0.243 e. The fraction of sp³-hybridized carbons (Fsp3) is 0.542. The topological polar surface area (TPSA) is 160 Å². The first-order valence-corrected chi connectivity index (χ1v) is 21.9. The van der Waals surface area contributed by atoms with E-state index >= 15 is 0 Å². The van der Waals surface area contributed by atoms with Gasteiger partial charge in [-0.05, 0) is 108 Å². The Bertz CT molecular complexity index is 2060. The number of hydrogen-bond donors (Lipinski definition) is 4. The van der Waals surface area contributed by atoms with E-state index in [1.165, 1.54) is 11.1 Å². The number of nitrogens with zero attached hydrogens (tertiary/aromatic N) is 2. The van der Waals surface area contributed by atoms with Gasteiger partial charge in [0.15, 0.2) is 0 Å². The maximum atomic E-state index is 14.5. The molecule has 314 valence electrons. The van der Waals surface area contributed by atoms with Crippen molar-refractivity contribution in [3.63, 3.8) is 0 Å². The van der Waals surface area contributed by atoms with Crippen LogP contribution in [0.15, 0.2) is 66.7 Å². The molecule has 2 aliphatic carbocycles. The van der Waals surface area contributed by atoms with E-state index in [1.807, 2.05) is 45.0 Å². The summed E-state index contributed by atoms with van der Waals surface area (Å²) in [6, 6.07) is 19.7. The van der Waals surface area contributed by atoms with E-state index in [4.69, 9.17) is 16.2 Å². The molecule has 6 N–H and O–H groups in total. The van der Waals surface area contributed by atoms with Gasteiger partial charge in [-0.15, -0.1) is 0 Å². The van der Waals surface area contributed by atoms with Crippen LogP contribution in [0.2, 0.25) is 0 Å². The predicted molar refractivity (Wildman–Crippen MR) is 227 cm³/mol. The molecule has 3 aromatic rings. The molecule has 0 saturated carbocycles. The normalized spacial score (nSPS) is 25.5. The summed E-state index contributed by atoms with van der Waals surface area (Å²) in [5.74, 6) is -0.919. The van der Waals surface area contributed by atoms with E-state index < -0.39 is 29.6 Å². The van der Waals surface area contributed by atoms with Crippen LogP contribution in [0.5, 0.6) is 0 Å². The third kappa shape index (κ3) is 8.56. The summed E-state index contributed by atoms with van der Waals surface area (Å²) in [4.78, 5) is 60.7. The highest BCUT2D eigenvalue weighted by Gasteiger charge is 2.45. The van der Waals surface area contributed by atoms with Gasteiger partial charge in [-0.25, -0.2) is 0 Å². The van der Waals surface area contributed by atoms with Crippen LogP contribution in [0.1, 0.15) is 123 Å². The van der Waals surface area contributed by atoms with E-state index in [9.17, 15) is 19.2 Å². The molecule has 0 spiro atoms. The Morgan fingerprint density at radius 2 is 1.31 bits per heavy atom. The monoisotopic (exact) mass is 802 g/mol. The lowest BCUT2D eigenvalue weighted by atomic mass is 9.85. The Morgan fingerprint density at radius 3 is 1.92 bits per heavy atom. The zero-order chi connectivity index (χ0) is 41.4. The number of hydrogen-bond acceptors (Lipinski definition) is 7. The number of carbonyl (C=O) groups excluding carboxylic acids is 4. The number of carbonyl (C=O) groups is 4. The zero-order valence-corrected chi connectivity index (χ0v) is 35.0. The maximum Gasteiger partial charge on any atom is 0.243 e. The summed E-state index contributed by atoms with van der Waals surface area (Å²) in [7, 11) is 0. The molecule has 3 aliphatic heterocycles. The molecule has 11 nitrogen and oxygen atoms in total. The first kappa shape index (κ1) is 41.2. The first-order valence-electron chi connectivity index (χ1n) is 21.9. The van der Waals surface area contributed by atoms with Gasteiger partial charge < -0.3 is 36.6 Å². The standard InChI is InChI=1S/C48H62N6O5/c1-48(2,3)43(50)47(58)54-28-35(26-41(54)45(56)52-39-17-9-13-30-11-5-7-15-37(30)39)32-18-19-33-25-40(44(55)51-38-16-8-12-29-10-4-6-14-36(29)38)53(27-34(33)24-32)46(57)42(49)31-20-22-59-23-21-31/h4-7,10-11,14-15,18-19,24,31,35,38-43H,8-9,12-13,16-17,20-23,25-28,49-50H2,1-3H3,(H,51,55)(H,52,56)/t35?,38?,39-,40?,41+,42?,43?/m1/s1. The molecule has 2 fully saturated rings. The van der Waals surface area contributed by atoms with Crippen molar-refractivity contribution in [1.82, 2.24) is 20.4 Å². The Hall–Kier alpha value is -4.58. The number of likely N-dealkylation sites (tertiary alicyclic amines) is 1. The molecule has 5 aliphatic rings. The van der Waals surface area contributed by atoms with E-state index in [-0.39, 0.29) is 54.1 Å². The number of amides is 4. The SMILES string of the molecule is CC(C)(C)C(N)C(=O)N1CC(c2ccc3c(c2)CN(C(=O)C(N)C2CCOCC2)C(C(=O)NC2CCCc4ccccc42)C3)C[C@H]1C(=O)N[C@@H]1CCCc2ccccc21. The molecule has 3 heterocycles. The summed E-state index contributed by atoms with van der Waals surface area (Å²) >= 11 is 0. The predicted octanol–water partition coefficient (Wildman–Crippen LogP) is 5.14. The lowest BCUT2D eigenvalue weighted by Crippen LogP contribution is -2.58. The number of aryl methyl sites for hydroxylation is 2. The van der Waals surface area contributed by atoms with Crippen LogP contribution in [0.4, 0.5) is 0 Å². The van der Waals surface area contributed by atoms with Crippen molar-refractivity contribution >= 4 is 23.6 Å². The van der Waals surface area contributed by atoms with Crippen molar-refractivity contribution < 1.29 is 23.9 Å². The molecular formula is C48H62N6O5. The number of benzene rings is 3. The number of nitrogens with one attached hydrogen (secondary N) is 2. The number of ether oxygens (including phenoxy) is 1. The lowest BCUT2D eigenvalue weighted by molar-refractivity contribution is -0.144. The highest BCUT2D eigenvalue weighted by Crippen LogP contribution is 2.38. The number of fused-ring (bicyclic) bond motifs is 3. The van der Waals surface area contributed by atoms with E-state index in [2.05, 4.69) is 53.1 Å². The van der Waals surface area contributed by atoms with Crippen LogP contribution in [0.3, 0.4) is 0 Å². The van der Waals surface area contributed by atoms with Gasteiger partial charge in [0.2, 0.25) is 23.6 Å². The fourth-order valence-corrected chi connectivity index (χ4v) is 10.3. The van der Waals surface area contributed by atoms with Gasteiger partial charge in [0.25, 0.3) is 0 Å². The average molecular weight is 803 g/mol. The van der Waals surface area contributed by atoms with Gasteiger partial charge in [-0.1, -0.05) is 87.5 Å². The van der Waals surface area contributed by atoms with Gasteiger partial charge in [0.05, 0.1) is 24.2 Å². The Labute approximate surface area is 349 Å². The summed E-state index contributed by atoms with van der Waals surface area (Å²) < 4.78 is 5.58. The van der Waals surface area contributed by atoms with Crippen molar-refractivity contribution in [2.75, 3.05) is 19.8 Å². The van der Waals surface area contributed by atoms with Crippen molar-refractivity contribution in [2.45, 2.75) is 134 Å². The fourth-order valence-electron chi connectivity index (χ4n) is 10.3. The second kappa shape index (κ2) is 17.2. The average Bonchev–Trinajstić information content (AvgIpc) is 3.71. The third-order valence-corrected chi connectivity index (χ3v) is 13.9. The maximum absolute atomic E-state index is 14.5. The highest BCUT2D eigenvalue weighted by molar-refractivity contribution is 5.92. The molecular weight excluding hydrogens is 741 g/mol. The molecule has 0 bridgehead atoms. The van der Waals surface area contributed by atoms with Gasteiger partial charge in [-0.2, -0.15) is 0 Å².